The summed E-state index contributed by atoms with van der Waals surface area (Å²) in [4.78, 5) is 28.9. The maximum atomic E-state index is 13.2. The summed E-state index contributed by atoms with van der Waals surface area (Å²) >= 11 is 0. The van der Waals surface area contributed by atoms with Gasteiger partial charge in [0.1, 0.15) is 0 Å². The Hall–Kier alpha value is -2.08. The Balaban J connectivity index is 1.64. The summed E-state index contributed by atoms with van der Waals surface area (Å²) in [5.41, 5.74) is 6.55. The van der Waals surface area contributed by atoms with E-state index in [2.05, 4.69) is 41.1 Å². The summed E-state index contributed by atoms with van der Waals surface area (Å²) in [6, 6.07) is 10.8. The molecule has 1 aromatic rings. The second-order valence-electron chi connectivity index (χ2n) is 9.00. The van der Waals surface area contributed by atoms with Crippen LogP contribution in [-0.2, 0) is 9.59 Å². The number of hydrogen-bond donors (Lipinski definition) is 2. The molecule has 3 N–H and O–H groups in total. The topological polar surface area (TPSA) is 78.7 Å². The summed E-state index contributed by atoms with van der Waals surface area (Å²) in [6.07, 6.45) is 4.63. The molecule has 6 nitrogen and oxygen atoms in total. The van der Waals surface area contributed by atoms with Crippen LogP contribution in [0.25, 0.3) is 0 Å². The van der Waals surface area contributed by atoms with Gasteiger partial charge in [-0.3, -0.25) is 14.5 Å². The molecular formula is C23H36N4O2. The molecule has 160 valence electrons. The van der Waals surface area contributed by atoms with Gasteiger partial charge in [0.2, 0.25) is 11.8 Å². The molecule has 0 aliphatic carbocycles. The first-order chi connectivity index (χ1) is 13.9. The van der Waals surface area contributed by atoms with Crippen molar-refractivity contribution in [2.75, 3.05) is 31.5 Å². The molecule has 0 bridgehead atoms. The number of carbonyl (C=O) groups excluding carboxylic acids is 2. The quantitative estimate of drug-likeness (QED) is 0.738. The summed E-state index contributed by atoms with van der Waals surface area (Å²) in [5.74, 6) is 0.496. The van der Waals surface area contributed by atoms with Gasteiger partial charge in [-0.1, -0.05) is 32.0 Å². The minimum Gasteiger partial charge on any atom is -0.380 e. The second-order valence-corrected chi connectivity index (χ2v) is 9.00. The smallest absolute Gasteiger partial charge is 0.237 e. The standard InChI is InChI=1S/C23H36N4O2/c1-17(2)15-21-20(25-19-7-4-3-5-8-19)9-6-12-27(21)22(28)16-26-13-10-18(11-14-26)23(24)29/h3-5,7-8,17-18,20-21,25H,6,9-16H2,1-2H3,(H2,24,29)/t20-,21-/m1/s1. The van der Waals surface area contributed by atoms with Crippen LogP contribution in [0.5, 0.6) is 0 Å². The molecule has 2 fully saturated rings. The monoisotopic (exact) mass is 400 g/mol. The van der Waals surface area contributed by atoms with Crippen LogP contribution in [0.3, 0.4) is 0 Å². The maximum absolute atomic E-state index is 13.2. The number of anilines is 1. The lowest BCUT2D eigenvalue weighted by atomic mass is 9.89. The Kier molecular flexibility index (Phi) is 7.53. The minimum absolute atomic E-state index is 0.0375. The van der Waals surface area contributed by atoms with E-state index in [0.29, 0.717) is 12.5 Å². The number of primary amides is 1. The van der Waals surface area contributed by atoms with E-state index in [9.17, 15) is 9.59 Å². The maximum Gasteiger partial charge on any atom is 0.237 e. The largest absolute Gasteiger partial charge is 0.380 e. The highest BCUT2D eigenvalue weighted by atomic mass is 16.2. The molecule has 1 aromatic carbocycles. The van der Waals surface area contributed by atoms with Gasteiger partial charge in [-0.05, 0) is 63.2 Å². The van der Waals surface area contributed by atoms with E-state index >= 15 is 0 Å². The SMILES string of the molecule is CC(C)C[C@@H]1[C@H](Nc2ccccc2)CCCN1C(=O)CN1CCC(C(N)=O)CC1. The van der Waals surface area contributed by atoms with Gasteiger partial charge in [0.25, 0.3) is 0 Å². The van der Waals surface area contributed by atoms with Crippen LogP contribution < -0.4 is 11.1 Å². The number of likely N-dealkylation sites (tertiary alicyclic amines) is 2. The summed E-state index contributed by atoms with van der Waals surface area (Å²) in [6.45, 7) is 7.28. The normalized spacial score (nSPS) is 23.9. The van der Waals surface area contributed by atoms with E-state index in [-0.39, 0.29) is 29.8 Å². The van der Waals surface area contributed by atoms with Crippen molar-refractivity contribution in [2.45, 2.75) is 58.0 Å². The molecule has 0 spiro atoms. The van der Waals surface area contributed by atoms with Crippen LogP contribution in [-0.4, -0.2) is 59.9 Å². The van der Waals surface area contributed by atoms with Crippen LogP contribution in [0.2, 0.25) is 0 Å². The van der Waals surface area contributed by atoms with Crippen molar-refractivity contribution in [2.24, 2.45) is 17.6 Å². The Morgan fingerprint density at radius 2 is 1.79 bits per heavy atom. The summed E-state index contributed by atoms with van der Waals surface area (Å²) in [5, 5.41) is 3.68. The number of amides is 2. The van der Waals surface area contributed by atoms with E-state index < -0.39 is 0 Å². The molecule has 2 amide bonds. The molecule has 2 aliphatic heterocycles. The number of carbonyl (C=O) groups is 2. The van der Waals surface area contributed by atoms with Gasteiger partial charge in [-0.2, -0.15) is 0 Å². The number of nitrogens with zero attached hydrogens (tertiary/aromatic N) is 2. The Bertz CT molecular complexity index is 671. The third-order valence-electron chi connectivity index (χ3n) is 6.29. The number of nitrogens with one attached hydrogen (secondary N) is 1. The highest BCUT2D eigenvalue weighted by Crippen LogP contribution is 2.27. The zero-order valence-corrected chi connectivity index (χ0v) is 17.8. The molecule has 6 heteroatoms. The number of hydrogen-bond acceptors (Lipinski definition) is 4. The average molecular weight is 401 g/mol. The molecule has 0 saturated carbocycles. The predicted molar refractivity (Wildman–Crippen MR) is 116 cm³/mol. The summed E-state index contributed by atoms with van der Waals surface area (Å²) < 4.78 is 0. The van der Waals surface area contributed by atoms with Gasteiger partial charge in [0.05, 0.1) is 12.6 Å². The van der Waals surface area contributed by atoms with E-state index in [1.165, 1.54) is 0 Å². The number of benzene rings is 1. The molecule has 2 heterocycles. The highest BCUT2D eigenvalue weighted by molar-refractivity contribution is 5.79. The van der Waals surface area contributed by atoms with Gasteiger partial charge >= 0.3 is 0 Å². The van der Waals surface area contributed by atoms with Gasteiger partial charge < -0.3 is 16.0 Å². The lowest BCUT2D eigenvalue weighted by Crippen LogP contribution is -2.56. The number of rotatable bonds is 7. The van der Waals surface area contributed by atoms with E-state index in [1.54, 1.807) is 0 Å². The van der Waals surface area contributed by atoms with E-state index in [1.807, 2.05) is 18.2 Å². The Morgan fingerprint density at radius 3 is 2.41 bits per heavy atom. The molecule has 0 aromatic heterocycles. The van der Waals surface area contributed by atoms with Gasteiger partial charge in [0, 0.05) is 24.2 Å². The summed E-state index contributed by atoms with van der Waals surface area (Å²) in [7, 11) is 0. The Morgan fingerprint density at radius 1 is 1.10 bits per heavy atom. The van der Waals surface area contributed by atoms with Crippen molar-refractivity contribution in [1.82, 2.24) is 9.80 Å². The zero-order valence-electron chi connectivity index (χ0n) is 17.8. The fourth-order valence-electron chi connectivity index (χ4n) is 4.72. The molecule has 2 aliphatic rings. The molecule has 2 saturated heterocycles. The van der Waals surface area contributed by atoms with Crippen molar-refractivity contribution >= 4 is 17.5 Å². The van der Waals surface area contributed by atoms with Gasteiger partial charge in [0.15, 0.2) is 0 Å². The van der Waals surface area contributed by atoms with Crippen LogP contribution >= 0.6 is 0 Å². The molecule has 0 radical (unpaired) electrons. The Labute approximate surface area is 174 Å². The first kappa shape index (κ1) is 21.6. The number of para-hydroxylation sites is 1. The van der Waals surface area contributed by atoms with Crippen molar-refractivity contribution in [3.63, 3.8) is 0 Å². The number of nitrogens with two attached hydrogens (primary N) is 1. The second kappa shape index (κ2) is 10.1. The van der Waals surface area contributed by atoms with Gasteiger partial charge in [-0.15, -0.1) is 0 Å². The molecule has 3 rings (SSSR count). The van der Waals surface area contributed by atoms with Gasteiger partial charge in [-0.25, -0.2) is 0 Å². The predicted octanol–water partition coefficient (Wildman–Crippen LogP) is 2.70. The first-order valence-corrected chi connectivity index (χ1v) is 11.1. The minimum atomic E-state index is -0.209. The fourth-order valence-corrected chi connectivity index (χ4v) is 4.72. The van der Waals surface area contributed by atoms with Crippen LogP contribution in [0, 0.1) is 11.8 Å². The van der Waals surface area contributed by atoms with Crippen molar-refractivity contribution in [1.29, 1.82) is 0 Å². The molecule has 0 unspecified atom stereocenters. The van der Waals surface area contributed by atoms with Crippen molar-refractivity contribution < 1.29 is 9.59 Å². The van der Waals surface area contributed by atoms with E-state index in [0.717, 1.165) is 57.4 Å². The number of piperidine rings is 2. The zero-order chi connectivity index (χ0) is 20.8. The third-order valence-corrected chi connectivity index (χ3v) is 6.29. The molecule has 2 atom stereocenters. The fraction of sp³-hybridized carbons (Fsp3) is 0.652. The highest BCUT2D eigenvalue weighted by Gasteiger charge is 2.35. The van der Waals surface area contributed by atoms with Crippen LogP contribution in [0.4, 0.5) is 5.69 Å². The van der Waals surface area contributed by atoms with E-state index in [4.69, 9.17) is 5.73 Å². The van der Waals surface area contributed by atoms with Crippen molar-refractivity contribution in [3.8, 4) is 0 Å². The van der Waals surface area contributed by atoms with Crippen LogP contribution in [0.1, 0.15) is 46.0 Å². The third kappa shape index (κ3) is 5.95. The molecular weight excluding hydrogens is 364 g/mol. The average Bonchev–Trinajstić information content (AvgIpc) is 2.70. The van der Waals surface area contributed by atoms with Crippen LogP contribution in [0.15, 0.2) is 30.3 Å². The van der Waals surface area contributed by atoms with Crippen molar-refractivity contribution in [3.05, 3.63) is 30.3 Å². The lowest BCUT2D eigenvalue weighted by Gasteiger charge is -2.44. The molecule has 29 heavy (non-hydrogen) atoms. The first-order valence-electron chi connectivity index (χ1n) is 11.1. The lowest BCUT2D eigenvalue weighted by molar-refractivity contribution is -0.137.